The van der Waals surface area contributed by atoms with Crippen molar-refractivity contribution in [3.05, 3.63) is 35.4 Å². The van der Waals surface area contributed by atoms with Crippen LogP contribution in [0.15, 0.2) is 29.3 Å². The van der Waals surface area contributed by atoms with Crippen LogP contribution in [0.1, 0.15) is 36.8 Å². The largest absolute Gasteiger partial charge is 0.416 e. The van der Waals surface area contributed by atoms with Crippen LogP contribution in [0.5, 0.6) is 0 Å². The van der Waals surface area contributed by atoms with Crippen LogP contribution >= 0.6 is 24.0 Å². The number of nitrogens with one attached hydrogen (secondary N) is 1. The number of hydrogen-bond acceptors (Lipinski definition) is 3. The van der Waals surface area contributed by atoms with E-state index in [0.717, 1.165) is 69.6 Å². The van der Waals surface area contributed by atoms with E-state index in [4.69, 9.17) is 5.73 Å². The summed E-state index contributed by atoms with van der Waals surface area (Å²) in [5, 5.41) is 3.30. The Kier molecular flexibility index (Phi) is 11.6. The highest BCUT2D eigenvalue weighted by Crippen LogP contribution is 2.29. The van der Waals surface area contributed by atoms with Crippen LogP contribution < -0.4 is 11.1 Å². The molecule has 0 radical (unpaired) electrons. The van der Waals surface area contributed by atoms with Crippen LogP contribution in [0.3, 0.4) is 0 Å². The van der Waals surface area contributed by atoms with E-state index >= 15 is 0 Å². The van der Waals surface area contributed by atoms with Crippen LogP contribution in [0.25, 0.3) is 0 Å². The van der Waals surface area contributed by atoms with E-state index in [0.29, 0.717) is 12.5 Å². The van der Waals surface area contributed by atoms with Gasteiger partial charge in [-0.25, -0.2) is 0 Å². The van der Waals surface area contributed by atoms with Crippen molar-refractivity contribution >= 4 is 35.8 Å². The third-order valence-electron chi connectivity index (χ3n) is 5.45. The Balaban J connectivity index is 0.00000480. The number of halogens is 4. The summed E-state index contributed by atoms with van der Waals surface area (Å²) in [4.78, 5) is 19.7. The molecule has 1 aromatic carbocycles. The number of likely N-dealkylation sites (tertiary alicyclic amines) is 1. The Morgan fingerprint density at radius 2 is 1.84 bits per heavy atom. The van der Waals surface area contributed by atoms with E-state index in [1.165, 1.54) is 12.1 Å². The number of alkyl halides is 3. The fourth-order valence-electron chi connectivity index (χ4n) is 3.63. The maximum Gasteiger partial charge on any atom is 0.416 e. The maximum absolute atomic E-state index is 12.7. The Labute approximate surface area is 199 Å². The van der Waals surface area contributed by atoms with Gasteiger partial charge in [0.15, 0.2) is 5.96 Å². The van der Waals surface area contributed by atoms with Crippen molar-refractivity contribution in [2.75, 3.05) is 40.3 Å². The van der Waals surface area contributed by atoms with E-state index in [2.05, 4.69) is 15.2 Å². The molecular formula is C21H33F3IN5O. The van der Waals surface area contributed by atoms with E-state index in [1.807, 2.05) is 11.9 Å². The molecule has 1 heterocycles. The van der Waals surface area contributed by atoms with Crippen LogP contribution in [-0.2, 0) is 17.5 Å². The molecule has 1 aliphatic heterocycles. The number of aliphatic imine (C=N–C) groups is 1. The van der Waals surface area contributed by atoms with Crippen molar-refractivity contribution in [3.8, 4) is 0 Å². The molecule has 0 aromatic heterocycles. The number of carbonyl (C=O) groups is 1. The Morgan fingerprint density at radius 3 is 2.35 bits per heavy atom. The predicted octanol–water partition coefficient (Wildman–Crippen LogP) is 3.31. The average Bonchev–Trinajstić information content (AvgIpc) is 2.70. The zero-order valence-electron chi connectivity index (χ0n) is 18.1. The molecule has 1 aliphatic rings. The molecule has 1 saturated heterocycles. The van der Waals surface area contributed by atoms with Crippen molar-refractivity contribution < 1.29 is 18.0 Å². The molecule has 31 heavy (non-hydrogen) atoms. The minimum atomic E-state index is -4.32. The normalized spacial score (nSPS) is 16.0. The second-order valence-electron chi connectivity index (χ2n) is 7.75. The maximum atomic E-state index is 12.7. The van der Waals surface area contributed by atoms with E-state index in [1.54, 1.807) is 7.05 Å². The average molecular weight is 555 g/mol. The van der Waals surface area contributed by atoms with Gasteiger partial charge in [-0.1, -0.05) is 12.1 Å². The van der Waals surface area contributed by atoms with E-state index < -0.39 is 11.7 Å². The molecule has 2 rings (SSSR count). The van der Waals surface area contributed by atoms with Crippen molar-refractivity contribution in [2.45, 2.75) is 38.4 Å². The molecule has 0 unspecified atom stereocenters. The van der Waals surface area contributed by atoms with Gasteiger partial charge in [-0.15, -0.1) is 24.0 Å². The molecule has 1 aromatic rings. The molecule has 0 bridgehead atoms. The molecule has 1 fully saturated rings. The van der Waals surface area contributed by atoms with Crippen molar-refractivity contribution in [2.24, 2.45) is 16.6 Å². The number of benzene rings is 1. The zero-order chi connectivity index (χ0) is 22.1. The summed E-state index contributed by atoms with van der Waals surface area (Å²) in [7, 11) is 3.55. The third kappa shape index (κ3) is 9.22. The molecule has 0 atom stereocenters. The molecule has 0 spiro atoms. The van der Waals surface area contributed by atoms with Gasteiger partial charge in [-0.05, 0) is 63.0 Å². The molecule has 0 saturated carbocycles. The lowest BCUT2D eigenvalue weighted by molar-refractivity contribution is -0.137. The molecule has 6 nitrogen and oxygen atoms in total. The van der Waals surface area contributed by atoms with Crippen LogP contribution in [0.4, 0.5) is 13.2 Å². The van der Waals surface area contributed by atoms with Gasteiger partial charge >= 0.3 is 6.18 Å². The van der Waals surface area contributed by atoms with Gasteiger partial charge in [0.05, 0.1) is 5.56 Å². The van der Waals surface area contributed by atoms with Crippen LogP contribution in [-0.4, -0.2) is 61.9 Å². The Morgan fingerprint density at radius 1 is 1.23 bits per heavy atom. The van der Waals surface area contributed by atoms with Crippen LogP contribution in [0, 0.1) is 5.92 Å². The standard InChI is InChI=1S/C21H32F3N5O.HI/c1-26-20(28(2)15-16-5-7-18(8-6-16)21(22,23)24)27-11-3-4-12-29-13-9-17(10-14-29)19(25)30;/h5-8,17H,3-4,9-15H2,1-2H3,(H2,25,30)(H,26,27);1H. The summed E-state index contributed by atoms with van der Waals surface area (Å²) in [6, 6.07) is 5.19. The molecule has 10 heteroatoms. The Bertz CT molecular complexity index is 704. The molecule has 176 valence electrons. The monoisotopic (exact) mass is 555 g/mol. The highest BCUT2D eigenvalue weighted by Gasteiger charge is 2.30. The van der Waals surface area contributed by atoms with Crippen LogP contribution in [0.2, 0.25) is 0 Å². The number of primary amides is 1. The number of piperidine rings is 1. The first-order valence-corrected chi connectivity index (χ1v) is 10.3. The second kappa shape index (κ2) is 13.1. The SMILES string of the molecule is CN=C(NCCCCN1CCC(C(N)=O)CC1)N(C)Cc1ccc(C(F)(F)F)cc1.I. The van der Waals surface area contributed by atoms with Gasteiger partial charge in [0, 0.05) is 33.1 Å². The Hall–Kier alpha value is -1.56. The molecule has 0 aliphatic carbocycles. The number of guanidine groups is 1. The van der Waals surface area contributed by atoms with Crippen molar-refractivity contribution in [1.29, 1.82) is 0 Å². The fraction of sp³-hybridized carbons (Fsp3) is 0.619. The van der Waals surface area contributed by atoms with Gasteiger partial charge in [-0.3, -0.25) is 9.79 Å². The summed E-state index contributed by atoms with van der Waals surface area (Å²) < 4.78 is 38.0. The lowest BCUT2D eigenvalue weighted by Gasteiger charge is -2.30. The smallest absolute Gasteiger partial charge is 0.369 e. The lowest BCUT2D eigenvalue weighted by Crippen LogP contribution is -2.40. The summed E-state index contributed by atoms with van der Waals surface area (Å²) in [6.07, 6.45) is -0.625. The summed E-state index contributed by atoms with van der Waals surface area (Å²) in [5.41, 5.74) is 5.51. The van der Waals surface area contributed by atoms with E-state index in [9.17, 15) is 18.0 Å². The highest BCUT2D eigenvalue weighted by atomic mass is 127. The van der Waals surface area contributed by atoms with Gasteiger partial charge in [-0.2, -0.15) is 13.2 Å². The molecule has 1 amide bonds. The zero-order valence-corrected chi connectivity index (χ0v) is 20.5. The highest BCUT2D eigenvalue weighted by molar-refractivity contribution is 14.0. The minimum Gasteiger partial charge on any atom is -0.369 e. The van der Waals surface area contributed by atoms with Crippen molar-refractivity contribution in [3.63, 3.8) is 0 Å². The summed E-state index contributed by atoms with van der Waals surface area (Å²) in [5.74, 6) is 0.536. The first kappa shape index (κ1) is 27.5. The summed E-state index contributed by atoms with van der Waals surface area (Å²) >= 11 is 0. The van der Waals surface area contributed by atoms with Crippen molar-refractivity contribution in [1.82, 2.24) is 15.1 Å². The molecule has 3 N–H and O–H groups in total. The quantitative estimate of drug-likeness (QED) is 0.224. The third-order valence-corrected chi connectivity index (χ3v) is 5.45. The first-order valence-electron chi connectivity index (χ1n) is 10.3. The number of unbranched alkanes of at least 4 members (excludes halogenated alkanes) is 1. The number of rotatable bonds is 8. The predicted molar refractivity (Wildman–Crippen MR) is 127 cm³/mol. The number of carbonyl (C=O) groups excluding carboxylic acids is 1. The second-order valence-corrected chi connectivity index (χ2v) is 7.75. The van der Waals surface area contributed by atoms with Gasteiger partial charge in [0.25, 0.3) is 0 Å². The fourth-order valence-corrected chi connectivity index (χ4v) is 3.63. The number of amides is 1. The number of nitrogens with two attached hydrogens (primary N) is 1. The molecular weight excluding hydrogens is 522 g/mol. The summed E-state index contributed by atoms with van der Waals surface area (Å²) in [6.45, 7) is 4.05. The minimum absolute atomic E-state index is 0. The number of nitrogens with zero attached hydrogens (tertiary/aromatic N) is 3. The topological polar surface area (TPSA) is 74.0 Å². The number of hydrogen-bond donors (Lipinski definition) is 2. The first-order chi connectivity index (χ1) is 14.2. The van der Waals surface area contributed by atoms with E-state index in [-0.39, 0.29) is 35.8 Å². The lowest BCUT2D eigenvalue weighted by atomic mass is 9.96. The van der Waals surface area contributed by atoms with Gasteiger partial charge in [0.2, 0.25) is 5.91 Å². The van der Waals surface area contributed by atoms with Gasteiger partial charge in [0.1, 0.15) is 0 Å². The van der Waals surface area contributed by atoms with Gasteiger partial charge < -0.3 is 20.9 Å².